The molecule has 0 saturated carbocycles. The predicted molar refractivity (Wildman–Crippen MR) is 116 cm³/mol. The lowest BCUT2D eigenvalue weighted by Crippen LogP contribution is -2.41. The standard InChI is InChI=1S/C24H31N3O2/c1-18(27-14-5-8-23(27)19-6-3-2-4-7-19)16-26-15-13-20(17-26)24(29)25-21-9-11-22(28)12-10-21/h2-4,6-7,9-12,18,20,23,28H,5,8,13-17H2,1H3,(H,25,29). The molecular formula is C24H31N3O2. The Bertz CT molecular complexity index is 809. The maximum atomic E-state index is 12.6. The first-order chi connectivity index (χ1) is 14.1. The van der Waals surface area contributed by atoms with Crippen molar-refractivity contribution in [2.75, 3.05) is 31.5 Å². The fraction of sp³-hybridized carbons (Fsp3) is 0.458. The Morgan fingerprint density at radius 2 is 1.86 bits per heavy atom. The van der Waals surface area contributed by atoms with E-state index in [0.29, 0.717) is 12.1 Å². The van der Waals surface area contributed by atoms with Gasteiger partial charge in [0.15, 0.2) is 0 Å². The number of carbonyl (C=O) groups is 1. The molecule has 5 heteroatoms. The molecule has 2 saturated heterocycles. The average Bonchev–Trinajstić information content (AvgIpc) is 3.40. The Morgan fingerprint density at radius 3 is 2.62 bits per heavy atom. The highest BCUT2D eigenvalue weighted by Crippen LogP contribution is 2.34. The molecule has 5 nitrogen and oxygen atoms in total. The molecule has 29 heavy (non-hydrogen) atoms. The van der Waals surface area contributed by atoms with Gasteiger partial charge >= 0.3 is 0 Å². The monoisotopic (exact) mass is 393 g/mol. The normalized spacial score (nSPS) is 23.9. The summed E-state index contributed by atoms with van der Waals surface area (Å²) in [7, 11) is 0. The van der Waals surface area contributed by atoms with Gasteiger partial charge in [-0.15, -0.1) is 0 Å². The number of hydrogen-bond donors (Lipinski definition) is 2. The zero-order valence-electron chi connectivity index (χ0n) is 17.1. The number of likely N-dealkylation sites (tertiary alicyclic amines) is 2. The minimum absolute atomic E-state index is 0.0273. The van der Waals surface area contributed by atoms with E-state index >= 15 is 0 Å². The van der Waals surface area contributed by atoms with Crippen LogP contribution in [-0.2, 0) is 4.79 Å². The van der Waals surface area contributed by atoms with Crippen molar-refractivity contribution in [3.8, 4) is 5.75 Å². The van der Waals surface area contributed by atoms with E-state index < -0.39 is 0 Å². The molecule has 2 N–H and O–H groups in total. The average molecular weight is 394 g/mol. The number of aromatic hydroxyl groups is 1. The number of hydrogen-bond acceptors (Lipinski definition) is 4. The number of carbonyl (C=O) groups excluding carboxylic acids is 1. The summed E-state index contributed by atoms with van der Waals surface area (Å²) in [6.45, 7) is 6.27. The number of benzene rings is 2. The molecule has 4 rings (SSSR count). The van der Waals surface area contributed by atoms with E-state index in [1.165, 1.54) is 18.4 Å². The summed E-state index contributed by atoms with van der Waals surface area (Å²) in [5, 5.41) is 12.4. The fourth-order valence-electron chi connectivity index (χ4n) is 4.83. The van der Waals surface area contributed by atoms with Crippen molar-refractivity contribution in [2.24, 2.45) is 5.92 Å². The molecule has 0 bridgehead atoms. The van der Waals surface area contributed by atoms with Gasteiger partial charge in [-0.25, -0.2) is 0 Å². The SMILES string of the molecule is CC(CN1CCC(C(=O)Nc2ccc(O)cc2)C1)N1CCCC1c1ccccc1. The van der Waals surface area contributed by atoms with Crippen LogP contribution in [0, 0.1) is 5.92 Å². The summed E-state index contributed by atoms with van der Waals surface area (Å²) in [4.78, 5) is 17.7. The van der Waals surface area contributed by atoms with Crippen molar-refractivity contribution < 1.29 is 9.90 Å². The van der Waals surface area contributed by atoms with Crippen molar-refractivity contribution in [3.05, 3.63) is 60.2 Å². The Hall–Kier alpha value is -2.37. The molecule has 0 spiro atoms. The van der Waals surface area contributed by atoms with Gasteiger partial charge in [0.1, 0.15) is 5.75 Å². The predicted octanol–water partition coefficient (Wildman–Crippen LogP) is 3.88. The Balaban J connectivity index is 1.30. The number of phenolic OH excluding ortho intramolecular Hbond substituents is 1. The number of anilines is 1. The zero-order chi connectivity index (χ0) is 20.2. The van der Waals surface area contributed by atoms with Gasteiger partial charge in [0.25, 0.3) is 0 Å². The van der Waals surface area contributed by atoms with Gasteiger partial charge in [0.2, 0.25) is 5.91 Å². The van der Waals surface area contributed by atoms with Crippen molar-refractivity contribution in [1.82, 2.24) is 9.80 Å². The number of nitrogens with one attached hydrogen (secondary N) is 1. The van der Waals surface area contributed by atoms with Crippen LogP contribution in [0.15, 0.2) is 54.6 Å². The second-order valence-corrected chi connectivity index (χ2v) is 8.44. The van der Waals surface area contributed by atoms with Crippen LogP contribution in [0.5, 0.6) is 5.75 Å². The zero-order valence-corrected chi connectivity index (χ0v) is 17.1. The third-order valence-electron chi connectivity index (χ3n) is 6.35. The number of phenols is 1. The van der Waals surface area contributed by atoms with Crippen molar-refractivity contribution >= 4 is 11.6 Å². The summed E-state index contributed by atoms with van der Waals surface area (Å²) in [5.41, 5.74) is 2.16. The molecule has 2 aromatic carbocycles. The van der Waals surface area contributed by atoms with Gasteiger partial charge in [-0.2, -0.15) is 0 Å². The van der Waals surface area contributed by atoms with Crippen LogP contribution in [0.25, 0.3) is 0 Å². The van der Waals surface area contributed by atoms with Crippen LogP contribution in [0.2, 0.25) is 0 Å². The van der Waals surface area contributed by atoms with Gasteiger partial charge < -0.3 is 15.3 Å². The topological polar surface area (TPSA) is 55.8 Å². The lowest BCUT2D eigenvalue weighted by molar-refractivity contribution is -0.119. The molecule has 2 fully saturated rings. The minimum Gasteiger partial charge on any atom is -0.508 e. The quantitative estimate of drug-likeness (QED) is 0.732. The smallest absolute Gasteiger partial charge is 0.228 e. The Labute approximate surface area is 173 Å². The number of nitrogens with zero attached hydrogens (tertiary/aromatic N) is 2. The molecule has 2 aromatic rings. The molecule has 3 atom stereocenters. The third-order valence-corrected chi connectivity index (χ3v) is 6.35. The molecule has 1 amide bonds. The van der Waals surface area contributed by atoms with Crippen LogP contribution in [-0.4, -0.2) is 53.0 Å². The molecular weight excluding hydrogens is 362 g/mol. The van der Waals surface area contributed by atoms with Crippen LogP contribution in [0.1, 0.15) is 37.8 Å². The van der Waals surface area contributed by atoms with Crippen molar-refractivity contribution in [2.45, 2.75) is 38.3 Å². The summed E-state index contributed by atoms with van der Waals surface area (Å²) in [5.74, 6) is 0.313. The van der Waals surface area contributed by atoms with E-state index in [2.05, 4.69) is 52.4 Å². The molecule has 0 radical (unpaired) electrons. The largest absolute Gasteiger partial charge is 0.508 e. The molecule has 2 heterocycles. The van der Waals surface area contributed by atoms with Crippen molar-refractivity contribution in [3.63, 3.8) is 0 Å². The van der Waals surface area contributed by atoms with E-state index in [0.717, 1.165) is 38.3 Å². The molecule has 154 valence electrons. The summed E-state index contributed by atoms with van der Waals surface area (Å²) in [6.07, 6.45) is 3.38. The van der Waals surface area contributed by atoms with E-state index in [-0.39, 0.29) is 17.6 Å². The van der Waals surface area contributed by atoms with E-state index in [4.69, 9.17) is 0 Å². The number of amides is 1. The second-order valence-electron chi connectivity index (χ2n) is 8.44. The lowest BCUT2D eigenvalue weighted by Gasteiger charge is -2.33. The van der Waals surface area contributed by atoms with Gasteiger partial charge in [-0.05, 0) is 69.1 Å². The van der Waals surface area contributed by atoms with Crippen LogP contribution >= 0.6 is 0 Å². The maximum Gasteiger partial charge on any atom is 0.228 e. The highest BCUT2D eigenvalue weighted by atomic mass is 16.3. The van der Waals surface area contributed by atoms with E-state index in [9.17, 15) is 9.90 Å². The first-order valence-electron chi connectivity index (χ1n) is 10.7. The fourth-order valence-corrected chi connectivity index (χ4v) is 4.83. The number of rotatable bonds is 6. The van der Waals surface area contributed by atoms with E-state index in [1.807, 2.05) is 0 Å². The van der Waals surface area contributed by atoms with Crippen LogP contribution in [0.4, 0.5) is 5.69 Å². The highest BCUT2D eigenvalue weighted by molar-refractivity contribution is 5.92. The Morgan fingerprint density at radius 1 is 1.10 bits per heavy atom. The molecule has 2 aliphatic heterocycles. The minimum atomic E-state index is 0.0273. The second kappa shape index (κ2) is 8.97. The van der Waals surface area contributed by atoms with Gasteiger partial charge in [0.05, 0.1) is 5.92 Å². The molecule has 0 aromatic heterocycles. The summed E-state index contributed by atoms with van der Waals surface area (Å²) in [6, 6.07) is 18.5. The maximum absolute atomic E-state index is 12.6. The summed E-state index contributed by atoms with van der Waals surface area (Å²) < 4.78 is 0. The first-order valence-corrected chi connectivity index (χ1v) is 10.7. The van der Waals surface area contributed by atoms with E-state index in [1.54, 1.807) is 24.3 Å². The molecule has 0 aliphatic carbocycles. The van der Waals surface area contributed by atoms with Crippen LogP contribution < -0.4 is 5.32 Å². The molecule has 2 aliphatic rings. The lowest BCUT2D eigenvalue weighted by atomic mass is 10.0. The Kier molecular flexibility index (Phi) is 6.16. The van der Waals surface area contributed by atoms with Crippen LogP contribution in [0.3, 0.4) is 0 Å². The van der Waals surface area contributed by atoms with Gasteiger partial charge in [0, 0.05) is 30.9 Å². The third kappa shape index (κ3) is 4.80. The van der Waals surface area contributed by atoms with Gasteiger partial charge in [-0.3, -0.25) is 9.69 Å². The first kappa shape index (κ1) is 19.9. The highest BCUT2D eigenvalue weighted by Gasteiger charge is 2.33. The summed E-state index contributed by atoms with van der Waals surface area (Å²) >= 11 is 0. The van der Waals surface area contributed by atoms with Crippen molar-refractivity contribution in [1.29, 1.82) is 0 Å². The molecule has 3 unspecified atom stereocenters. The van der Waals surface area contributed by atoms with Gasteiger partial charge in [-0.1, -0.05) is 30.3 Å².